The van der Waals surface area contributed by atoms with Crippen molar-refractivity contribution < 1.29 is 13.2 Å². The van der Waals surface area contributed by atoms with Gasteiger partial charge in [0.15, 0.2) is 5.69 Å². The van der Waals surface area contributed by atoms with E-state index in [1.807, 2.05) is 0 Å². The van der Waals surface area contributed by atoms with E-state index in [1.165, 1.54) is 0 Å². The summed E-state index contributed by atoms with van der Waals surface area (Å²) >= 11 is 0. The predicted molar refractivity (Wildman–Crippen MR) is 51.4 cm³/mol. The molecule has 4 N–H and O–H groups in total. The van der Waals surface area contributed by atoms with Gasteiger partial charge in [0.25, 0.3) is 0 Å². The Morgan fingerprint density at radius 3 is 2.56 bits per heavy atom. The minimum Gasteiger partial charge on any atom is -0.368 e. The number of anilines is 1. The Labute approximate surface area is 89.9 Å². The number of hydrogen-bond donors (Lipinski definition) is 2. The van der Waals surface area contributed by atoms with E-state index in [4.69, 9.17) is 11.5 Å². The highest BCUT2D eigenvalue weighted by Gasteiger charge is 2.38. The Hall–Kier alpha value is -1.37. The van der Waals surface area contributed by atoms with Crippen molar-refractivity contribution in [3.05, 3.63) is 17.0 Å². The topological polar surface area (TPSA) is 77.8 Å². The minimum atomic E-state index is -4.50. The SMILES string of the molecule is Nc1nc2c(c(C(F)(F)F)n1)CC(N)CC2. The molecular weight excluding hydrogens is 221 g/mol. The summed E-state index contributed by atoms with van der Waals surface area (Å²) in [6.45, 7) is 0. The quantitative estimate of drug-likeness (QED) is 0.696. The van der Waals surface area contributed by atoms with Crippen molar-refractivity contribution in [3.63, 3.8) is 0 Å². The van der Waals surface area contributed by atoms with Gasteiger partial charge in [0.2, 0.25) is 5.95 Å². The van der Waals surface area contributed by atoms with Crippen LogP contribution in [0.5, 0.6) is 0 Å². The van der Waals surface area contributed by atoms with Crippen LogP contribution >= 0.6 is 0 Å². The molecule has 16 heavy (non-hydrogen) atoms. The summed E-state index contributed by atoms with van der Waals surface area (Å²) in [5.74, 6) is -0.332. The Morgan fingerprint density at radius 1 is 1.25 bits per heavy atom. The van der Waals surface area contributed by atoms with Crippen LogP contribution in [-0.2, 0) is 19.0 Å². The van der Waals surface area contributed by atoms with Gasteiger partial charge in [-0.05, 0) is 19.3 Å². The summed E-state index contributed by atoms with van der Waals surface area (Å²) in [6.07, 6.45) is -3.30. The second-order valence-electron chi connectivity index (χ2n) is 3.86. The number of aromatic nitrogens is 2. The number of fused-ring (bicyclic) bond motifs is 1. The number of nitrogens with zero attached hydrogens (tertiary/aromatic N) is 2. The number of rotatable bonds is 0. The van der Waals surface area contributed by atoms with Crippen molar-refractivity contribution in [2.45, 2.75) is 31.5 Å². The minimum absolute atomic E-state index is 0.0976. The number of hydrogen-bond acceptors (Lipinski definition) is 4. The first-order valence-electron chi connectivity index (χ1n) is 4.86. The Balaban J connectivity index is 2.56. The highest BCUT2D eigenvalue weighted by Crippen LogP contribution is 2.34. The third-order valence-electron chi connectivity index (χ3n) is 2.60. The molecule has 7 heteroatoms. The van der Waals surface area contributed by atoms with Gasteiger partial charge in [-0.3, -0.25) is 0 Å². The van der Waals surface area contributed by atoms with Gasteiger partial charge in [0, 0.05) is 17.3 Å². The van der Waals surface area contributed by atoms with Gasteiger partial charge in [-0.1, -0.05) is 0 Å². The van der Waals surface area contributed by atoms with Gasteiger partial charge in [-0.25, -0.2) is 9.97 Å². The number of nitrogens with two attached hydrogens (primary N) is 2. The van der Waals surface area contributed by atoms with E-state index in [1.54, 1.807) is 0 Å². The first-order chi connectivity index (χ1) is 7.38. The average molecular weight is 232 g/mol. The van der Waals surface area contributed by atoms with Crippen LogP contribution < -0.4 is 11.5 Å². The maximum absolute atomic E-state index is 12.7. The molecule has 0 fully saturated rings. The third kappa shape index (κ3) is 1.95. The largest absolute Gasteiger partial charge is 0.433 e. The summed E-state index contributed by atoms with van der Waals surface area (Å²) in [6, 6.07) is -0.263. The van der Waals surface area contributed by atoms with Crippen LogP contribution in [0, 0.1) is 0 Å². The lowest BCUT2D eigenvalue weighted by molar-refractivity contribution is -0.142. The zero-order valence-electron chi connectivity index (χ0n) is 8.38. The monoisotopic (exact) mass is 232 g/mol. The van der Waals surface area contributed by atoms with Crippen LogP contribution in [0.1, 0.15) is 23.4 Å². The molecule has 1 aliphatic rings. The number of halogens is 3. The Kier molecular flexibility index (Phi) is 2.49. The van der Waals surface area contributed by atoms with Crippen molar-refractivity contribution in [2.75, 3.05) is 5.73 Å². The summed E-state index contributed by atoms with van der Waals surface area (Å²) in [7, 11) is 0. The van der Waals surface area contributed by atoms with Gasteiger partial charge in [0.1, 0.15) is 0 Å². The first-order valence-corrected chi connectivity index (χ1v) is 4.86. The summed E-state index contributed by atoms with van der Waals surface area (Å²) < 4.78 is 38.1. The molecule has 2 rings (SSSR count). The molecule has 0 aliphatic heterocycles. The highest BCUT2D eigenvalue weighted by atomic mass is 19.4. The van der Waals surface area contributed by atoms with Crippen molar-refractivity contribution >= 4 is 5.95 Å². The maximum Gasteiger partial charge on any atom is 0.433 e. The molecule has 0 aromatic carbocycles. The third-order valence-corrected chi connectivity index (χ3v) is 2.60. The number of alkyl halides is 3. The lowest BCUT2D eigenvalue weighted by Crippen LogP contribution is -2.31. The van der Waals surface area contributed by atoms with Gasteiger partial charge in [-0.15, -0.1) is 0 Å². The highest BCUT2D eigenvalue weighted by molar-refractivity contribution is 5.36. The van der Waals surface area contributed by atoms with E-state index in [9.17, 15) is 13.2 Å². The van der Waals surface area contributed by atoms with Crippen LogP contribution in [0.15, 0.2) is 0 Å². The molecule has 1 aromatic heterocycles. The van der Waals surface area contributed by atoms with E-state index in [0.29, 0.717) is 18.5 Å². The van der Waals surface area contributed by atoms with E-state index in [0.717, 1.165) is 0 Å². The predicted octanol–water partition coefficient (Wildman–Crippen LogP) is 0.894. The Morgan fingerprint density at radius 2 is 1.94 bits per heavy atom. The van der Waals surface area contributed by atoms with E-state index in [-0.39, 0.29) is 24.0 Å². The van der Waals surface area contributed by atoms with Crippen molar-refractivity contribution in [2.24, 2.45) is 5.73 Å². The van der Waals surface area contributed by atoms with Gasteiger partial charge in [-0.2, -0.15) is 13.2 Å². The maximum atomic E-state index is 12.7. The van der Waals surface area contributed by atoms with E-state index >= 15 is 0 Å². The average Bonchev–Trinajstić information content (AvgIpc) is 2.16. The normalized spacial score (nSPS) is 20.6. The molecule has 1 heterocycles. The second kappa shape index (κ2) is 3.58. The molecule has 0 bridgehead atoms. The van der Waals surface area contributed by atoms with E-state index in [2.05, 4.69) is 9.97 Å². The fourth-order valence-electron chi connectivity index (χ4n) is 1.89. The first kappa shape index (κ1) is 11.1. The second-order valence-corrected chi connectivity index (χ2v) is 3.86. The zero-order chi connectivity index (χ0) is 11.9. The lowest BCUT2D eigenvalue weighted by Gasteiger charge is -2.23. The molecule has 1 atom stereocenters. The molecule has 4 nitrogen and oxygen atoms in total. The molecule has 0 spiro atoms. The smallest absolute Gasteiger partial charge is 0.368 e. The lowest BCUT2D eigenvalue weighted by atomic mass is 9.91. The molecule has 88 valence electrons. The molecular formula is C9H11F3N4. The fourth-order valence-corrected chi connectivity index (χ4v) is 1.89. The van der Waals surface area contributed by atoms with E-state index < -0.39 is 11.9 Å². The molecule has 0 radical (unpaired) electrons. The van der Waals surface area contributed by atoms with Crippen molar-refractivity contribution in [3.8, 4) is 0 Å². The molecule has 1 aromatic rings. The van der Waals surface area contributed by atoms with Crippen LogP contribution in [0.3, 0.4) is 0 Å². The van der Waals surface area contributed by atoms with Crippen LogP contribution in [-0.4, -0.2) is 16.0 Å². The van der Waals surface area contributed by atoms with Crippen molar-refractivity contribution in [1.29, 1.82) is 0 Å². The number of aryl methyl sites for hydroxylation is 1. The summed E-state index contributed by atoms with van der Waals surface area (Å²) in [4.78, 5) is 7.11. The fraction of sp³-hybridized carbons (Fsp3) is 0.556. The summed E-state index contributed by atoms with van der Waals surface area (Å²) in [5.41, 5.74) is 10.4. The zero-order valence-corrected chi connectivity index (χ0v) is 8.38. The van der Waals surface area contributed by atoms with Gasteiger partial charge < -0.3 is 11.5 Å². The standard InChI is InChI=1S/C9H11F3N4/c10-9(11,12)7-5-3-4(13)1-2-6(5)15-8(14)16-7/h4H,1-3,13H2,(H2,14,15,16). The summed E-state index contributed by atoms with van der Waals surface area (Å²) in [5, 5.41) is 0. The Bertz CT molecular complexity index is 416. The van der Waals surface area contributed by atoms with Gasteiger partial charge in [0.05, 0.1) is 0 Å². The molecule has 1 unspecified atom stereocenters. The number of nitrogen functional groups attached to an aromatic ring is 1. The van der Waals surface area contributed by atoms with Crippen molar-refractivity contribution in [1.82, 2.24) is 9.97 Å². The molecule has 0 saturated heterocycles. The molecule has 1 aliphatic carbocycles. The van der Waals surface area contributed by atoms with Crippen LogP contribution in [0.25, 0.3) is 0 Å². The molecule has 0 saturated carbocycles. The van der Waals surface area contributed by atoms with Crippen LogP contribution in [0.4, 0.5) is 19.1 Å². The van der Waals surface area contributed by atoms with Gasteiger partial charge >= 0.3 is 6.18 Å². The molecule has 0 amide bonds. The van der Waals surface area contributed by atoms with Crippen LogP contribution in [0.2, 0.25) is 0 Å².